The van der Waals surface area contributed by atoms with Crippen LogP contribution in [0.4, 0.5) is 0 Å². The van der Waals surface area contributed by atoms with Gasteiger partial charge < -0.3 is 9.15 Å². The van der Waals surface area contributed by atoms with Gasteiger partial charge in [0.15, 0.2) is 5.76 Å². The second-order valence-corrected chi connectivity index (χ2v) is 13.8. The number of benzene rings is 2. The number of likely N-dealkylation sites (tertiary alicyclic amines) is 1. The molecule has 0 spiro atoms. The van der Waals surface area contributed by atoms with Crippen LogP contribution in [0.1, 0.15) is 30.7 Å². The molecule has 0 unspecified atom stereocenters. The van der Waals surface area contributed by atoms with Crippen LogP contribution in [0, 0.1) is 0 Å². The summed E-state index contributed by atoms with van der Waals surface area (Å²) in [5, 5.41) is 16.2. The topological polar surface area (TPSA) is 82.1 Å². The van der Waals surface area contributed by atoms with E-state index in [-0.39, 0.29) is 0 Å². The second kappa shape index (κ2) is 13.2. The number of piperidine rings is 1. The van der Waals surface area contributed by atoms with Crippen molar-refractivity contribution >= 4 is 44.7 Å². The first-order valence-corrected chi connectivity index (χ1v) is 17.8. The predicted octanol–water partition coefficient (Wildman–Crippen LogP) is 8.98. The number of hydrogen-bond donors (Lipinski definition) is 0. The lowest BCUT2D eigenvalue weighted by Crippen LogP contribution is -2.29. The van der Waals surface area contributed by atoms with Gasteiger partial charge in [-0.2, -0.15) is 0 Å². The number of nitrogens with zero attached hydrogens (tertiary/aromatic N) is 6. The molecular weight excluding hydrogens is 633 g/mol. The minimum absolute atomic E-state index is 0.502. The molecule has 8 rings (SSSR count). The molecule has 0 saturated carbocycles. The highest BCUT2D eigenvalue weighted by atomic mass is 32.2. The van der Waals surface area contributed by atoms with Gasteiger partial charge in [0.25, 0.3) is 0 Å². The van der Waals surface area contributed by atoms with Crippen molar-refractivity contribution in [2.24, 2.45) is 0 Å². The average Bonchev–Trinajstić information content (AvgIpc) is 3.92. The van der Waals surface area contributed by atoms with E-state index in [9.17, 15) is 0 Å². The maximum Gasteiger partial charge on any atom is 0.205 e. The first kappa shape index (κ1) is 29.1. The molecule has 8 nitrogen and oxygen atoms in total. The molecule has 0 atom stereocenters. The highest BCUT2D eigenvalue weighted by Gasteiger charge is 2.24. The monoisotopic (exact) mass is 662 g/mol. The fourth-order valence-corrected chi connectivity index (χ4v) is 8.52. The highest BCUT2D eigenvalue weighted by molar-refractivity contribution is 7.99. The van der Waals surface area contributed by atoms with Crippen LogP contribution in [0.2, 0.25) is 0 Å². The van der Waals surface area contributed by atoms with Gasteiger partial charge in [-0.15, -0.1) is 32.9 Å². The lowest BCUT2D eigenvalue weighted by Gasteiger charge is -2.25. The Morgan fingerprint density at radius 3 is 2.50 bits per heavy atom. The maximum atomic E-state index is 6.07. The van der Waals surface area contributed by atoms with Crippen molar-refractivity contribution in [1.82, 2.24) is 29.6 Å². The quantitative estimate of drug-likeness (QED) is 0.134. The van der Waals surface area contributed by atoms with Gasteiger partial charge in [-0.3, -0.25) is 9.47 Å². The van der Waals surface area contributed by atoms with Gasteiger partial charge in [0.2, 0.25) is 11.0 Å². The van der Waals surface area contributed by atoms with E-state index in [0.29, 0.717) is 23.3 Å². The summed E-state index contributed by atoms with van der Waals surface area (Å²) < 4.78 is 13.9. The number of hydrogen-bond acceptors (Lipinski definition) is 10. The van der Waals surface area contributed by atoms with Crippen molar-refractivity contribution in [3.8, 4) is 33.5 Å². The van der Waals surface area contributed by atoms with Crippen molar-refractivity contribution in [2.45, 2.75) is 42.6 Å². The standard InChI is InChI=1S/C35H30N6O2S3/c1-3-9-24(10-4-1)22-43-26-15-13-25(14-16-26)41-32(28-11-7-19-42-28)38-39-35(41)46-34-31-27(29-12-8-20-44-29)23-45-33(31)36-30(37-34)21-40-17-5-2-6-18-40/h1,3-4,7-16,19-20,23H,2,5-6,17-18,21-22H2. The Morgan fingerprint density at radius 1 is 0.848 bits per heavy atom. The van der Waals surface area contributed by atoms with Crippen LogP contribution in [-0.4, -0.2) is 42.7 Å². The zero-order chi connectivity index (χ0) is 30.7. The van der Waals surface area contributed by atoms with Crippen molar-refractivity contribution < 1.29 is 9.15 Å². The summed E-state index contributed by atoms with van der Waals surface area (Å²) in [5.74, 6) is 2.88. The molecule has 11 heteroatoms. The van der Waals surface area contributed by atoms with Crippen molar-refractivity contribution in [3.63, 3.8) is 0 Å². The van der Waals surface area contributed by atoms with Crippen LogP contribution in [0.15, 0.2) is 110 Å². The first-order valence-electron chi connectivity index (χ1n) is 15.3. The lowest BCUT2D eigenvalue weighted by molar-refractivity contribution is 0.216. The van der Waals surface area contributed by atoms with Crippen molar-refractivity contribution in [3.05, 3.63) is 107 Å². The Bertz CT molecular complexity index is 2030. The molecule has 1 aliphatic rings. The van der Waals surface area contributed by atoms with Gasteiger partial charge in [-0.05, 0) is 91.1 Å². The average molecular weight is 663 g/mol. The van der Waals surface area contributed by atoms with Gasteiger partial charge in [0.05, 0.1) is 23.9 Å². The van der Waals surface area contributed by atoms with Crippen LogP contribution in [0.5, 0.6) is 5.75 Å². The van der Waals surface area contributed by atoms with Gasteiger partial charge in [0.1, 0.15) is 28.0 Å². The van der Waals surface area contributed by atoms with E-state index in [1.165, 1.54) is 35.9 Å². The molecule has 0 N–H and O–H groups in total. The molecule has 1 saturated heterocycles. The SMILES string of the molecule is c1ccc(COc2ccc(-n3c(Sc4nc(CN5CCCCC5)nc5scc(-c6cccs6)c45)nnc3-c3ccco3)cc2)cc1. The minimum atomic E-state index is 0.502. The van der Waals surface area contributed by atoms with E-state index in [0.717, 1.165) is 63.3 Å². The van der Waals surface area contributed by atoms with E-state index in [4.69, 9.17) is 24.2 Å². The smallest absolute Gasteiger partial charge is 0.205 e. The van der Waals surface area contributed by atoms with E-state index in [1.54, 1.807) is 28.9 Å². The fourth-order valence-electron chi connectivity index (χ4n) is 5.68. The highest BCUT2D eigenvalue weighted by Crippen LogP contribution is 2.42. The third-order valence-electron chi connectivity index (χ3n) is 7.95. The lowest BCUT2D eigenvalue weighted by atomic mass is 10.1. The third-order valence-corrected chi connectivity index (χ3v) is 10.7. The Hall–Kier alpha value is -4.29. The van der Waals surface area contributed by atoms with Crippen LogP contribution in [0.3, 0.4) is 0 Å². The van der Waals surface area contributed by atoms with E-state index < -0.39 is 0 Å². The zero-order valence-electron chi connectivity index (χ0n) is 24.9. The number of aromatic nitrogens is 5. The molecule has 0 radical (unpaired) electrons. The van der Waals surface area contributed by atoms with E-state index in [1.807, 2.05) is 59.2 Å². The van der Waals surface area contributed by atoms with Crippen molar-refractivity contribution in [1.29, 1.82) is 0 Å². The van der Waals surface area contributed by atoms with Crippen LogP contribution in [-0.2, 0) is 13.2 Å². The molecule has 46 heavy (non-hydrogen) atoms. The van der Waals surface area contributed by atoms with Gasteiger partial charge in [-0.1, -0.05) is 42.8 Å². The minimum Gasteiger partial charge on any atom is -0.489 e. The van der Waals surface area contributed by atoms with Crippen molar-refractivity contribution in [2.75, 3.05) is 13.1 Å². The van der Waals surface area contributed by atoms with Crippen LogP contribution < -0.4 is 4.74 Å². The number of furan rings is 1. The van der Waals surface area contributed by atoms with Crippen LogP contribution >= 0.6 is 34.4 Å². The molecule has 0 aliphatic carbocycles. The molecule has 1 aliphatic heterocycles. The maximum absolute atomic E-state index is 6.07. The normalized spacial score (nSPS) is 13.8. The van der Waals surface area contributed by atoms with Crippen LogP contribution in [0.25, 0.3) is 37.9 Å². The summed E-state index contributed by atoms with van der Waals surface area (Å²) in [4.78, 5) is 14.9. The Labute approximate surface area is 278 Å². The van der Waals surface area contributed by atoms with Gasteiger partial charge >= 0.3 is 0 Å². The summed E-state index contributed by atoms with van der Waals surface area (Å²) in [6.45, 7) is 3.41. The Kier molecular flexibility index (Phi) is 8.37. The summed E-state index contributed by atoms with van der Waals surface area (Å²) in [5.41, 5.74) is 3.17. The third kappa shape index (κ3) is 6.11. The summed E-state index contributed by atoms with van der Waals surface area (Å²) in [7, 11) is 0. The summed E-state index contributed by atoms with van der Waals surface area (Å²) in [6, 6.07) is 26.2. The number of thiophene rings is 2. The molecule has 230 valence electrons. The van der Waals surface area contributed by atoms with E-state index in [2.05, 4.69) is 45.0 Å². The Balaban J connectivity index is 1.18. The Morgan fingerprint density at radius 2 is 1.72 bits per heavy atom. The molecule has 0 bridgehead atoms. The predicted molar refractivity (Wildman–Crippen MR) is 184 cm³/mol. The molecule has 7 aromatic rings. The molecule has 6 heterocycles. The van der Waals surface area contributed by atoms with E-state index >= 15 is 0 Å². The largest absolute Gasteiger partial charge is 0.489 e. The molecular formula is C35H30N6O2S3. The zero-order valence-corrected chi connectivity index (χ0v) is 27.4. The second-order valence-electron chi connectivity index (χ2n) is 11.1. The fraction of sp³-hybridized carbons (Fsp3) is 0.200. The molecule has 1 fully saturated rings. The number of fused-ring (bicyclic) bond motifs is 1. The molecule has 5 aromatic heterocycles. The molecule has 0 amide bonds. The molecule has 2 aromatic carbocycles. The summed E-state index contributed by atoms with van der Waals surface area (Å²) in [6.07, 6.45) is 5.39. The first-order chi connectivity index (χ1) is 22.8. The number of ether oxygens (including phenoxy) is 1. The number of rotatable bonds is 10. The van der Waals surface area contributed by atoms with Gasteiger partial charge in [-0.25, -0.2) is 9.97 Å². The van der Waals surface area contributed by atoms with Gasteiger partial charge in [0, 0.05) is 15.8 Å². The summed E-state index contributed by atoms with van der Waals surface area (Å²) >= 11 is 4.92.